The standard InChI is InChI=1S/C39H29N3O/c1-3-11-26(12-4-1)27-21-23-29(24-22-27)38-40-37(28-13-5-2-6-14-28)41-39(42-38)31-16-9-15-30(25-31)32-18-10-20-35-36(32)33-17-7-8-19-34(33)43-35/h1-25,37-38,40H,(H,41,42). The molecule has 6 aromatic carbocycles. The second-order valence-corrected chi connectivity index (χ2v) is 10.9. The highest BCUT2D eigenvalue weighted by Gasteiger charge is 2.25. The third-order valence-corrected chi connectivity index (χ3v) is 8.18. The smallest absolute Gasteiger partial charge is 0.136 e. The maximum absolute atomic E-state index is 6.18. The first-order valence-electron chi connectivity index (χ1n) is 14.6. The summed E-state index contributed by atoms with van der Waals surface area (Å²) in [6.07, 6.45) is -0.311. The summed E-state index contributed by atoms with van der Waals surface area (Å²) in [4.78, 5) is 5.18. The lowest BCUT2D eigenvalue weighted by molar-refractivity contribution is 0.409. The van der Waals surface area contributed by atoms with Crippen LogP contribution in [-0.2, 0) is 0 Å². The summed E-state index contributed by atoms with van der Waals surface area (Å²) >= 11 is 0. The van der Waals surface area contributed by atoms with E-state index in [-0.39, 0.29) is 12.3 Å². The number of aliphatic imine (C=N–C) groups is 1. The highest BCUT2D eigenvalue weighted by atomic mass is 16.3. The van der Waals surface area contributed by atoms with Gasteiger partial charge in [0.05, 0.1) is 0 Å². The minimum atomic E-state index is -0.193. The van der Waals surface area contributed by atoms with Gasteiger partial charge in [0.25, 0.3) is 0 Å². The largest absolute Gasteiger partial charge is 0.456 e. The van der Waals surface area contributed by atoms with E-state index in [1.165, 1.54) is 11.1 Å². The van der Waals surface area contributed by atoms with Crippen molar-refractivity contribution in [3.63, 3.8) is 0 Å². The lowest BCUT2D eigenvalue weighted by atomic mass is 9.97. The summed E-state index contributed by atoms with van der Waals surface area (Å²) in [6.45, 7) is 0. The fourth-order valence-corrected chi connectivity index (χ4v) is 6.03. The Labute approximate surface area is 250 Å². The quantitative estimate of drug-likeness (QED) is 0.223. The number of hydrogen-bond acceptors (Lipinski definition) is 4. The van der Waals surface area contributed by atoms with Crippen LogP contribution in [0.5, 0.6) is 0 Å². The van der Waals surface area contributed by atoms with Crippen molar-refractivity contribution in [2.75, 3.05) is 0 Å². The van der Waals surface area contributed by atoms with Crippen molar-refractivity contribution >= 4 is 27.8 Å². The average Bonchev–Trinajstić information content (AvgIpc) is 3.48. The second-order valence-electron chi connectivity index (χ2n) is 10.9. The van der Waals surface area contributed by atoms with E-state index in [0.717, 1.165) is 55.6 Å². The second kappa shape index (κ2) is 10.8. The molecule has 1 aliphatic heterocycles. The maximum Gasteiger partial charge on any atom is 0.136 e. The van der Waals surface area contributed by atoms with Crippen LogP contribution < -0.4 is 10.6 Å². The monoisotopic (exact) mass is 555 g/mol. The van der Waals surface area contributed by atoms with Crippen LogP contribution in [-0.4, -0.2) is 5.84 Å². The number of fused-ring (bicyclic) bond motifs is 3. The van der Waals surface area contributed by atoms with E-state index in [4.69, 9.17) is 9.41 Å². The number of nitrogens with one attached hydrogen (secondary N) is 2. The third kappa shape index (κ3) is 4.78. The van der Waals surface area contributed by atoms with Gasteiger partial charge in [0.15, 0.2) is 0 Å². The minimum Gasteiger partial charge on any atom is -0.456 e. The van der Waals surface area contributed by atoms with Crippen LogP contribution in [0, 0.1) is 0 Å². The van der Waals surface area contributed by atoms with Crippen LogP contribution in [0.2, 0.25) is 0 Å². The first-order valence-corrected chi connectivity index (χ1v) is 14.6. The van der Waals surface area contributed by atoms with E-state index in [9.17, 15) is 0 Å². The van der Waals surface area contributed by atoms with Gasteiger partial charge in [-0.1, -0.05) is 133 Å². The summed E-state index contributed by atoms with van der Waals surface area (Å²) in [5.74, 6) is 0.857. The predicted molar refractivity (Wildman–Crippen MR) is 176 cm³/mol. The molecule has 0 aliphatic carbocycles. The molecule has 7 aromatic rings. The van der Waals surface area contributed by atoms with Gasteiger partial charge in [-0.05, 0) is 51.6 Å². The van der Waals surface area contributed by atoms with E-state index in [2.05, 4.69) is 132 Å². The van der Waals surface area contributed by atoms with Gasteiger partial charge >= 0.3 is 0 Å². The third-order valence-electron chi connectivity index (χ3n) is 8.18. The van der Waals surface area contributed by atoms with Crippen LogP contribution in [0.25, 0.3) is 44.2 Å². The summed E-state index contributed by atoms with van der Waals surface area (Å²) in [5.41, 5.74) is 9.78. The van der Waals surface area contributed by atoms with Gasteiger partial charge in [-0.2, -0.15) is 0 Å². The zero-order valence-corrected chi connectivity index (χ0v) is 23.4. The maximum atomic E-state index is 6.18. The molecule has 2 atom stereocenters. The molecule has 2 heterocycles. The number of benzene rings is 6. The normalized spacial score (nSPS) is 16.6. The van der Waals surface area contributed by atoms with Gasteiger partial charge in [-0.15, -0.1) is 0 Å². The molecule has 1 aromatic heterocycles. The zero-order chi connectivity index (χ0) is 28.6. The molecule has 43 heavy (non-hydrogen) atoms. The number of furan rings is 1. The number of hydrogen-bond donors (Lipinski definition) is 2. The molecule has 4 nitrogen and oxygen atoms in total. The highest BCUT2D eigenvalue weighted by molar-refractivity contribution is 6.12. The van der Waals surface area contributed by atoms with Crippen LogP contribution >= 0.6 is 0 Å². The van der Waals surface area contributed by atoms with Crippen molar-refractivity contribution in [1.29, 1.82) is 0 Å². The van der Waals surface area contributed by atoms with Crippen molar-refractivity contribution in [2.45, 2.75) is 12.3 Å². The molecule has 0 amide bonds. The van der Waals surface area contributed by atoms with Crippen molar-refractivity contribution in [3.8, 4) is 22.3 Å². The molecule has 1 aliphatic rings. The molecule has 0 bridgehead atoms. The Morgan fingerprint density at radius 2 is 1.16 bits per heavy atom. The summed E-state index contributed by atoms with van der Waals surface area (Å²) in [6, 6.07) is 52.8. The number of rotatable bonds is 5. The number of para-hydroxylation sites is 1. The minimum absolute atomic E-state index is 0.118. The Morgan fingerprint density at radius 3 is 2.00 bits per heavy atom. The number of amidine groups is 1. The Bertz CT molecular complexity index is 2080. The van der Waals surface area contributed by atoms with Gasteiger partial charge in [0.2, 0.25) is 0 Å². The Hall–Kier alpha value is -5.45. The van der Waals surface area contributed by atoms with Gasteiger partial charge < -0.3 is 9.73 Å². The van der Waals surface area contributed by atoms with E-state index < -0.39 is 0 Å². The molecule has 0 saturated carbocycles. The zero-order valence-electron chi connectivity index (χ0n) is 23.4. The molecule has 2 unspecified atom stereocenters. The van der Waals surface area contributed by atoms with E-state index in [1.54, 1.807) is 0 Å². The molecule has 8 rings (SSSR count). The van der Waals surface area contributed by atoms with Crippen LogP contribution in [0.3, 0.4) is 0 Å². The molecule has 0 spiro atoms. The molecule has 0 fully saturated rings. The Morgan fingerprint density at radius 1 is 0.512 bits per heavy atom. The average molecular weight is 556 g/mol. The van der Waals surface area contributed by atoms with E-state index in [1.807, 2.05) is 30.3 Å². The fourth-order valence-electron chi connectivity index (χ4n) is 6.03. The fraction of sp³-hybridized carbons (Fsp3) is 0.0513. The van der Waals surface area contributed by atoms with Crippen LogP contribution in [0.15, 0.2) is 161 Å². The van der Waals surface area contributed by atoms with Crippen molar-refractivity contribution < 1.29 is 4.42 Å². The molecular weight excluding hydrogens is 526 g/mol. The van der Waals surface area contributed by atoms with Gasteiger partial charge in [0.1, 0.15) is 29.3 Å². The van der Waals surface area contributed by atoms with E-state index in [0.29, 0.717) is 0 Å². The summed E-state index contributed by atoms with van der Waals surface area (Å²) in [7, 11) is 0. The van der Waals surface area contributed by atoms with Crippen molar-refractivity contribution in [2.24, 2.45) is 4.99 Å². The van der Waals surface area contributed by atoms with Crippen LogP contribution in [0.1, 0.15) is 29.0 Å². The summed E-state index contributed by atoms with van der Waals surface area (Å²) < 4.78 is 6.18. The molecule has 0 radical (unpaired) electrons. The van der Waals surface area contributed by atoms with Gasteiger partial charge in [0, 0.05) is 16.3 Å². The topological polar surface area (TPSA) is 49.6 Å². The van der Waals surface area contributed by atoms with Gasteiger partial charge in [-0.25, -0.2) is 4.99 Å². The Kier molecular flexibility index (Phi) is 6.32. The van der Waals surface area contributed by atoms with E-state index >= 15 is 0 Å². The lowest BCUT2D eigenvalue weighted by Gasteiger charge is -2.32. The highest BCUT2D eigenvalue weighted by Crippen LogP contribution is 2.37. The Balaban J connectivity index is 1.18. The molecule has 0 saturated heterocycles. The van der Waals surface area contributed by atoms with Crippen molar-refractivity contribution in [3.05, 3.63) is 168 Å². The van der Waals surface area contributed by atoms with Crippen molar-refractivity contribution in [1.82, 2.24) is 10.6 Å². The van der Waals surface area contributed by atoms with Crippen LogP contribution in [0.4, 0.5) is 0 Å². The molecule has 2 N–H and O–H groups in total. The van der Waals surface area contributed by atoms with Gasteiger partial charge in [-0.3, -0.25) is 5.32 Å². The predicted octanol–water partition coefficient (Wildman–Crippen LogP) is 9.26. The molecule has 206 valence electrons. The first-order chi connectivity index (χ1) is 21.3. The number of nitrogens with zero attached hydrogens (tertiary/aromatic N) is 1. The summed E-state index contributed by atoms with van der Waals surface area (Å²) in [5, 5.41) is 9.68. The SMILES string of the molecule is c1ccc(-c2ccc(C3NC(c4cccc(-c5cccc6oc7ccccc7c56)c4)=NC(c4ccccc4)N3)cc2)cc1. The lowest BCUT2D eigenvalue weighted by Crippen LogP contribution is -2.44. The first kappa shape index (κ1) is 25.3. The molecular formula is C39H29N3O. The molecule has 4 heteroatoms.